The summed E-state index contributed by atoms with van der Waals surface area (Å²) in [6.45, 7) is 4.94. The molecule has 4 rings (SSSR count). The lowest BCUT2D eigenvalue weighted by Gasteiger charge is -2.13. The summed E-state index contributed by atoms with van der Waals surface area (Å²) in [6, 6.07) is 13.6. The van der Waals surface area contributed by atoms with Crippen LogP contribution in [-0.4, -0.2) is 29.3 Å². The van der Waals surface area contributed by atoms with Crippen LogP contribution in [0.25, 0.3) is 6.08 Å². The largest absolute Gasteiger partial charge is 0.454 e. The average Bonchev–Trinajstić information content (AvgIpc) is 3.23. The molecule has 1 saturated heterocycles. The van der Waals surface area contributed by atoms with Crippen LogP contribution in [0.3, 0.4) is 0 Å². The second kappa shape index (κ2) is 7.48. The van der Waals surface area contributed by atoms with Crippen LogP contribution in [-0.2, 0) is 4.79 Å². The van der Waals surface area contributed by atoms with Crippen molar-refractivity contribution in [3.05, 3.63) is 58.5 Å². The van der Waals surface area contributed by atoms with Gasteiger partial charge < -0.3 is 9.47 Å². The first kappa shape index (κ1) is 17.7. The van der Waals surface area contributed by atoms with Gasteiger partial charge in [-0.05, 0) is 66.6 Å². The van der Waals surface area contributed by atoms with Gasteiger partial charge in [-0.1, -0.05) is 25.1 Å². The summed E-state index contributed by atoms with van der Waals surface area (Å²) in [6.07, 6.45) is 2.79. The molecule has 5 nitrogen and oxygen atoms in total. The van der Waals surface area contributed by atoms with Gasteiger partial charge in [-0.2, -0.15) is 0 Å². The Morgan fingerprint density at radius 1 is 1.19 bits per heavy atom. The van der Waals surface area contributed by atoms with Crippen molar-refractivity contribution in [2.24, 2.45) is 4.99 Å². The van der Waals surface area contributed by atoms with Crippen LogP contribution < -0.4 is 9.47 Å². The lowest BCUT2D eigenvalue weighted by atomic mass is 10.1. The highest BCUT2D eigenvalue weighted by Gasteiger charge is 2.33. The van der Waals surface area contributed by atoms with E-state index >= 15 is 0 Å². The van der Waals surface area contributed by atoms with Gasteiger partial charge >= 0.3 is 0 Å². The van der Waals surface area contributed by atoms with Gasteiger partial charge in [0.25, 0.3) is 5.91 Å². The van der Waals surface area contributed by atoms with Crippen molar-refractivity contribution < 1.29 is 14.3 Å². The second-order valence-electron chi connectivity index (χ2n) is 6.36. The Morgan fingerprint density at radius 2 is 1.93 bits per heavy atom. The molecule has 138 valence electrons. The topological polar surface area (TPSA) is 51.1 Å². The summed E-state index contributed by atoms with van der Waals surface area (Å²) in [5, 5.41) is 0.720. The van der Waals surface area contributed by atoms with Gasteiger partial charge in [0.2, 0.25) is 6.79 Å². The fourth-order valence-corrected chi connectivity index (χ4v) is 4.00. The first-order valence-electron chi connectivity index (χ1n) is 8.91. The average molecular weight is 380 g/mol. The maximum Gasteiger partial charge on any atom is 0.266 e. The number of aryl methyl sites for hydroxylation is 1. The molecule has 2 aromatic rings. The minimum Gasteiger partial charge on any atom is -0.454 e. The van der Waals surface area contributed by atoms with Gasteiger partial charge in [0, 0.05) is 6.54 Å². The molecule has 1 fully saturated rings. The number of aliphatic imine (C=N–C) groups is 1. The number of thioether (sulfide) groups is 1. The summed E-state index contributed by atoms with van der Waals surface area (Å²) >= 11 is 1.41. The molecule has 2 heterocycles. The Balaban J connectivity index is 1.69. The molecule has 0 aliphatic carbocycles. The SMILES string of the molecule is CCCN1C(=O)/C(=C/c2cc3c(cc2C)OCO3)SC1=Nc1ccccc1. The Labute approximate surface area is 162 Å². The summed E-state index contributed by atoms with van der Waals surface area (Å²) < 4.78 is 10.9. The lowest BCUT2D eigenvalue weighted by molar-refractivity contribution is -0.122. The van der Waals surface area contributed by atoms with Gasteiger partial charge in [0.15, 0.2) is 16.7 Å². The molecule has 0 N–H and O–H groups in total. The van der Waals surface area contributed by atoms with Crippen LogP contribution in [0.1, 0.15) is 24.5 Å². The van der Waals surface area contributed by atoms with E-state index in [9.17, 15) is 4.79 Å². The zero-order valence-electron chi connectivity index (χ0n) is 15.3. The predicted octanol–water partition coefficient (Wildman–Crippen LogP) is 4.74. The summed E-state index contributed by atoms with van der Waals surface area (Å²) in [7, 11) is 0. The van der Waals surface area contributed by atoms with Crippen LogP contribution >= 0.6 is 11.8 Å². The molecule has 0 aromatic heterocycles. The normalized spacial score (nSPS) is 18.7. The fourth-order valence-electron chi connectivity index (χ4n) is 2.98. The minimum absolute atomic E-state index is 0.00593. The number of amides is 1. The van der Waals surface area contributed by atoms with Gasteiger partial charge in [0.1, 0.15) is 0 Å². The molecular formula is C21H20N2O3S. The molecule has 0 saturated carbocycles. The van der Waals surface area contributed by atoms with Gasteiger partial charge in [-0.25, -0.2) is 4.99 Å². The number of nitrogens with zero attached hydrogens (tertiary/aromatic N) is 2. The minimum atomic E-state index is -0.00593. The van der Waals surface area contributed by atoms with E-state index in [1.807, 2.05) is 55.5 Å². The first-order valence-corrected chi connectivity index (χ1v) is 9.72. The number of carbonyl (C=O) groups excluding carboxylic acids is 1. The third-order valence-electron chi connectivity index (χ3n) is 4.36. The van der Waals surface area contributed by atoms with E-state index in [1.54, 1.807) is 4.90 Å². The summed E-state index contributed by atoms with van der Waals surface area (Å²) in [5.41, 5.74) is 2.83. The highest BCUT2D eigenvalue weighted by atomic mass is 32.2. The number of fused-ring (bicyclic) bond motifs is 1. The zero-order chi connectivity index (χ0) is 18.8. The Kier molecular flexibility index (Phi) is 4.90. The molecule has 0 atom stereocenters. The standard InChI is InChI=1S/C21H20N2O3S/c1-3-9-23-20(24)19(27-21(23)22-16-7-5-4-6-8-16)12-15-11-18-17(10-14(15)2)25-13-26-18/h4-8,10-12H,3,9,13H2,1-2H3/b19-12-,22-21?. The van der Waals surface area contributed by atoms with E-state index in [0.29, 0.717) is 17.2 Å². The van der Waals surface area contributed by atoms with Crippen LogP contribution in [0.4, 0.5) is 5.69 Å². The number of hydrogen-bond donors (Lipinski definition) is 0. The number of para-hydroxylation sites is 1. The smallest absolute Gasteiger partial charge is 0.266 e. The van der Waals surface area contributed by atoms with E-state index in [1.165, 1.54) is 11.8 Å². The van der Waals surface area contributed by atoms with E-state index in [4.69, 9.17) is 9.47 Å². The maximum absolute atomic E-state index is 12.9. The molecule has 27 heavy (non-hydrogen) atoms. The third kappa shape index (κ3) is 3.57. The molecule has 2 aromatic carbocycles. The quantitative estimate of drug-likeness (QED) is 0.719. The number of amidine groups is 1. The number of ether oxygens (including phenoxy) is 2. The highest BCUT2D eigenvalue weighted by molar-refractivity contribution is 8.18. The van der Waals surface area contributed by atoms with E-state index in [0.717, 1.165) is 34.2 Å². The second-order valence-corrected chi connectivity index (χ2v) is 7.37. The zero-order valence-corrected chi connectivity index (χ0v) is 16.1. The van der Waals surface area contributed by atoms with E-state index in [-0.39, 0.29) is 12.7 Å². The molecule has 0 bridgehead atoms. The Hall–Kier alpha value is -2.73. The van der Waals surface area contributed by atoms with E-state index in [2.05, 4.69) is 11.9 Å². The molecule has 0 radical (unpaired) electrons. The van der Waals surface area contributed by atoms with Crippen molar-refractivity contribution in [2.45, 2.75) is 20.3 Å². The molecule has 2 aliphatic rings. The number of carbonyl (C=O) groups is 1. The number of rotatable bonds is 4. The Morgan fingerprint density at radius 3 is 2.67 bits per heavy atom. The van der Waals surface area contributed by atoms with Crippen LogP contribution in [0.5, 0.6) is 11.5 Å². The molecule has 1 amide bonds. The lowest BCUT2D eigenvalue weighted by Crippen LogP contribution is -2.29. The summed E-state index contributed by atoms with van der Waals surface area (Å²) in [4.78, 5) is 20.0. The molecule has 0 spiro atoms. The highest BCUT2D eigenvalue weighted by Crippen LogP contribution is 2.38. The van der Waals surface area contributed by atoms with Crippen molar-refractivity contribution in [1.29, 1.82) is 0 Å². The summed E-state index contributed by atoms with van der Waals surface area (Å²) in [5.74, 6) is 1.46. The van der Waals surface area contributed by atoms with Gasteiger partial charge in [0.05, 0.1) is 10.6 Å². The van der Waals surface area contributed by atoms with Crippen molar-refractivity contribution in [1.82, 2.24) is 4.90 Å². The van der Waals surface area contributed by atoms with E-state index < -0.39 is 0 Å². The first-order chi connectivity index (χ1) is 13.2. The fraction of sp³-hybridized carbons (Fsp3) is 0.238. The van der Waals surface area contributed by atoms with Crippen molar-refractivity contribution in [3.63, 3.8) is 0 Å². The van der Waals surface area contributed by atoms with Gasteiger partial charge in [-0.3, -0.25) is 9.69 Å². The number of hydrogen-bond acceptors (Lipinski definition) is 5. The van der Waals surface area contributed by atoms with Crippen molar-refractivity contribution in [3.8, 4) is 11.5 Å². The maximum atomic E-state index is 12.9. The molecule has 2 aliphatic heterocycles. The monoisotopic (exact) mass is 380 g/mol. The Bertz CT molecular complexity index is 938. The number of benzene rings is 2. The molecule has 6 heteroatoms. The van der Waals surface area contributed by atoms with Crippen LogP contribution in [0.15, 0.2) is 52.4 Å². The third-order valence-corrected chi connectivity index (χ3v) is 5.37. The molecular weight excluding hydrogens is 360 g/mol. The predicted molar refractivity (Wildman–Crippen MR) is 108 cm³/mol. The molecule has 0 unspecified atom stereocenters. The van der Waals surface area contributed by atoms with Crippen molar-refractivity contribution >= 4 is 34.6 Å². The van der Waals surface area contributed by atoms with Crippen molar-refractivity contribution in [2.75, 3.05) is 13.3 Å². The van der Waals surface area contributed by atoms with Crippen LogP contribution in [0, 0.1) is 6.92 Å². The van der Waals surface area contributed by atoms with Crippen LogP contribution in [0.2, 0.25) is 0 Å². The van der Waals surface area contributed by atoms with Gasteiger partial charge in [-0.15, -0.1) is 0 Å².